The highest BCUT2D eigenvalue weighted by Gasteiger charge is 2.37. The third-order valence-corrected chi connectivity index (χ3v) is 3.86. The van der Waals surface area contributed by atoms with Crippen molar-refractivity contribution < 1.29 is 14.6 Å². The highest BCUT2D eigenvalue weighted by Crippen LogP contribution is 2.41. The number of aliphatic hydroxyl groups is 1. The van der Waals surface area contributed by atoms with E-state index in [0.717, 1.165) is 0 Å². The zero-order chi connectivity index (χ0) is 14.3. The smallest absolute Gasteiger partial charge is 0.339 e. The molecule has 0 fully saturated rings. The number of cyclic esters (lactones) is 1. The fourth-order valence-electron chi connectivity index (χ4n) is 2.31. The quantitative estimate of drug-likeness (QED) is 0.855. The van der Waals surface area contributed by atoms with Gasteiger partial charge in [0.1, 0.15) is 6.10 Å². The highest BCUT2D eigenvalue weighted by molar-refractivity contribution is 6.33. The largest absolute Gasteiger partial charge is 0.451 e. The van der Waals surface area contributed by atoms with E-state index in [1.165, 1.54) is 0 Å². The molecule has 0 unspecified atom stereocenters. The molecule has 2 aromatic rings. The van der Waals surface area contributed by atoms with Gasteiger partial charge in [0, 0.05) is 21.2 Å². The number of fused-ring (bicyclic) bond motifs is 1. The van der Waals surface area contributed by atoms with E-state index in [2.05, 4.69) is 0 Å². The van der Waals surface area contributed by atoms with E-state index in [0.29, 0.717) is 26.7 Å². The van der Waals surface area contributed by atoms with Crippen LogP contribution < -0.4 is 0 Å². The van der Waals surface area contributed by atoms with Crippen molar-refractivity contribution in [1.29, 1.82) is 0 Å². The Morgan fingerprint density at radius 1 is 1.15 bits per heavy atom. The number of hydrogen-bond donors (Lipinski definition) is 1. The topological polar surface area (TPSA) is 46.5 Å². The van der Waals surface area contributed by atoms with Gasteiger partial charge in [0.25, 0.3) is 0 Å². The molecular formula is C15H10Cl2O3. The summed E-state index contributed by atoms with van der Waals surface area (Å²) in [6, 6.07) is 11.8. The Bertz CT molecular complexity index is 685. The number of rotatable bonds is 2. The Kier molecular flexibility index (Phi) is 3.42. The van der Waals surface area contributed by atoms with Crippen LogP contribution in [0.5, 0.6) is 0 Å². The minimum absolute atomic E-state index is 0.377. The number of esters is 1. The minimum atomic E-state index is -1.06. The van der Waals surface area contributed by atoms with Gasteiger partial charge in [-0.3, -0.25) is 0 Å². The van der Waals surface area contributed by atoms with Crippen molar-refractivity contribution in [3.63, 3.8) is 0 Å². The van der Waals surface area contributed by atoms with Crippen molar-refractivity contribution in [2.24, 2.45) is 0 Å². The zero-order valence-corrected chi connectivity index (χ0v) is 11.7. The van der Waals surface area contributed by atoms with E-state index in [1.807, 2.05) is 0 Å². The van der Waals surface area contributed by atoms with Crippen molar-refractivity contribution in [3.05, 3.63) is 69.2 Å². The van der Waals surface area contributed by atoms with Gasteiger partial charge >= 0.3 is 5.97 Å². The lowest BCUT2D eigenvalue weighted by Crippen LogP contribution is -2.11. The van der Waals surface area contributed by atoms with Crippen LogP contribution in [0.25, 0.3) is 0 Å². The molecule has 102 valence electrons. The van der Waals surface area contributed by atoms with Crippen LogP contribution in [0.3, 0.4) is 0 Å². The summed E-state index contributed by atoms with van der Waals surface area (Å²) >= 11 is 12.0. The molecule has 3 nitrogen and oxygen atoms in total. The van der Waals surface area contributed by atoms with Crippen LogP contribution in [0.2, 0.25) is 10.0 Å². The average Bonchev–Trinajstić information content (AvgIpc) is 2.79. The number of ether oxygens (including phenoxy) is 1. The number of aliphatic hydroxyl groups excluding tert-OH is 1. The molecule has 1 aliphatic rings. The molecule has 0 radical (unpaired) electrons. The number of halogens is 2. The molecule has 0 bridgehead atoms. The van der Waals surface area contributed by atoms with Gasteiger partial charge in [0.05, 0.1) is 5.56 Å². The van der Waals surface area contributed by atoms with E-state index in [-0.39, 0.29) is 0 Å². The lowest BCUT2D eigenvalue weighted by atomic mass is 9.97. The van der Waals surface area contributed by atoms with Crippen molar-refractivity contribution in [2.45, 2.75) is 12.2 Å². The van der Waals surface area contributed by atoms with Crippen LogP contribution in [0.1, 0.15) is 33.7 Å². The zero-order valence-electron chi connectivity index (χ0n) is 10.2. The summed E-state index contributed by atoms with van der Waals surface area (Å²) in [7, 11) is 0. The Morgan fingerprint density at radius 3 is 2.70 bits per heavy atom. The predicted octanol–water partition coefficient (Wildman–Crippen LogP) is 3.94. The van der Waals surface area contributed by atoms with E-state index >= 15 is 0 Å². The van der Waals surface area contributed by atoms with E-state index in [1.54, 1.807) is 42.5 Å². The molecule has 0 saturated heterocycles. The third kappa shape index (κ3) is 2.18. The van der Waals surface area contributed by atoms with Crippen LogP contribution in [0, 0.1) is 0 Å². The summed E-state index contributed by atoms with van der Waals surface area (Å²) in [5.41, 5.74) is 1.56. The summed E-state index contributed by atoms with van der Waals surface area (Å²) in [5, 5.41) is 11.3. The molecule has 0 amide bonds. The van der Waals surface area contributed by atoms with Crippen LogP contribution in [0.15, 0.2) is 42.5 Å². The standard InChI is InChI=1S/C15H10Cl2O3/c16-8-5-6-12(17)11(7-8)13(18)14-9-3-1-2-4-10(9)15(19)20-14/h1-7,13-14,18H/t13-,14-/m0/s1. The molecule has 1 N–H and O–H groups in total. The van der Waals surface area contributed by atoms with Gasteiger partial charge in [-0.1, -0.05) is 41.4 Å². The van der Waals surface area contributed by atoms with Gasteiger partial charge < -0.3 is 9.84 Å². The van der Waals surface area contributed by atoms with Gasteiger partial charge in [0.2, 0.25) is 0 Å². The van der Waals surface area contributed by atoms with Gasteiger partial charge in [-0.05, 0) is 24.3 Å². The predicted molar refractivity (Wildman–Crippen MR) is 76.0 cm³/mol. The molecule has 2 atom stereocenters. The number of hydrogen-bond acceptors (Lipinski definition) is 3. The van der Waals surface area contributed by atoms with Crippen LogP contribution in [0.4, 0.5) is 0 Å². The van der Waals surface area contributed by atoms with Crippen molar-refractivity contribution in [2.75, 3.05) is 0 Å². The molecule has 1 heterocycles. The van der Waals surface area contributed by atoms with E-state index < -0.39 is 18.2 Å². The molecule has 0 spiro atoms. The lowest BCUT2D eigenvalue weighted by Gasteiger charge is -2.19. The van der Waals surface area contributed by atoms with Gasteiger partial charge in [-0.2, -0.15) is 0 Å². The average molecular weight is 309 g/mol. The van der Waals surface area contributed by atoms with Crippen molar-refractivity contribution >= 4 is 29.2 Å². The van der Waals surface area contributed by atoms with Crippen molar-refractivity contribution in [3.8, 4) is 0 Å². The molecule has 20 heavy (non-hydrogen) atoms. The Morgan fingerprint density at radius 2 is 1.90 bits per heavy atom. The molecule has 0 aromatic heterocycles. The Balaban J connectivity index is 2.02. The van der Waals surface area contributed by atoms with E-state index in [9.17, 15) is 9.90 Å². The third-order valence-electron chi connectivity index (χ3n) is 3.28. The second kappa shape index (κ2) is 5.09. The molecule has 1 aliphatic heterocycles. The minimum Gasteiger partial charge on any atom is -0.451 e. The normalized spacial score (nSPS) is 18.6. The Hall–Kier alpha value is -1.55. The summed E-state index contributed by atoms with van der Waals surface area (Å²) in [5.74, 6) is -0.442. The maximum atomic E-state index is 11.8. The monoisotopic (exact) mass is 308 g/mol. The first kappa shape index (κ1) is 13.4. The van der Waals surface area contributed by atoms with Crippen LogP contribution in [-0.2, 0) is 4.74 Å². The first-order chi connectivity index (χ1) is 9.58. The maximum Gasteiger partial charge on any atom is 0.339 e. The molecule has 5 heteroatoms. The SMILES string of the molecule is O=C1O[C@H]([C@@H](O)c2cc(Cl)ccc2Cl)c2ccccc21. The Labute approximate surface area is 125 Å². The summed E-state index contributed by atoms with van der Waals surface area (Å²) in [6.45, 7) is 0. The number of benzene rings is 2. The fourth-order valence-corrected chi connectivity index (χ4v) is 2.72. The molecule has 2 aromatic carbocycles. The van der Waals surface area contributed by atoms with Crippen molar-refractivity contribution in [1.82, 2.24) is 0 Å². The van der Waals surface area contributed by atoms with Crippen LogP contribution >= 0.6 is 23.2 Å². The number of carbonyl (C=O) groups is 1. The molecule has 0 aliphatic carbocycles. The van der Waals surface area contributed by atoms with Crippen LogP contribution in [-0.4, -0.2) is 11.1 Å². The second-order valence-corrected chi connectivity index (χ2v) is 5.37. The lowest BCUT2D eigenvalue weighted by molar-refractivity contribution is -0.0102. The molecular weight excluding hydrogens is 299 g/mol. The van der Waals surface area contributed by atoms with Gasteiger partial charge in [-0.15, -0.1) is 0 Å². The summed E-state index contributed by atoms with van der Waals surface area (Å²) in [6.07, 6.45) is -1.83. The van der Waals surface area contributed by atoms with Gasteiger partial charge in [-0.25, -0.2) is 4.79 Å². The highest BCUT2D eigenvalue weighted by atomic mass is 35.5. The second-order valence-electron chi connectivity index (χ2n) is 4.52. The van der Waals surface area contributed by atoms with Gasteiger partial charge in [0.15, 0.2) is 6.10 Å². The summed E-state index contributed by atoms with van der Waals surface area (Å²) in [4.78, 5) is 11.8. The first-order valence-corrected chi connectivity index (χ1v) is 6.76. The van der Waals surface area contributed by atoms with E-state index in [4.69, 9.17) is 27.9 Å². The first-order valence-electron chi connectivity index (χ1n) is 6.01. The molecule has 0 saturated carbocycles. The fraction of sp³-hybridized carbons (Fsp3) is 0.133. The summed E-state index contributed by atoms with van der Waals surface area (Å²) < 4.78 is 5.25. The number of carbonyl (C=O) groups excluding carboxylic acids is 1. The maximum absolute atomic E-state index is 11.8. The molecule has 3 rings (SSSR count).